The van der Waals surface area contributed by atoms with Crippen LogP contribution < -0.4 is 24.0 Å². The Hall–Kier alpha value is -2.62. The molecule has 0 N–H and O–H groups in total. The number of furan rings is 1. The number of halogens is 1. The Labute approximate surface area is 153 Å². The minimum absolute atomic E-state index is 0. The minimum atomic E-state index is -1.39. The minimum Gasteiger partial charge on any atom is -0.543 e. The number of hydrogen-bond acceptors (Lipinski definition) is 5. The zero-order valence-electron chi connectivity index (χ0n) is 13.4. The van der Waals surface area contributed by atoms with E-state index in [2.05, 4.69) is 10.1 Å². The number of alkyl halides is 1. The fourth-order valence-corrected chi connectivity index (χ4v) is 2.79. The molecule has 0 radical (unpaired) electrons. The molecule has 120 valence electrons. The van der Waals surface area contributed by atoms with E-state index in [9.17, 15) is 14.3 Å². The van der Waals surface area contributed by atoms with Crippen LogP contribution in [0.2, 0.25) is 0 Å². The number of aromatic carboxylic acids is 1. The van der Waals surface area contributed by atoms with Gasteiger partial charge in [-0.15, -0.1) is 0 Å². The largest absolute Gasteiger partial charge is 1.00 e. The molecule has 0 bridgehead atoms. The molecule has 1 aromatic carbocycles. The number of carboxylic acids is 1. The van der Waals surface area contributed by atoms with Gasteiger partial charge in [0.15, 0.2) is 0 Å². The van der Waals surface area contributed by atoms with Crippen molar-refractivity contribution in [1.82, 2.24) is 14.8 Å². The maximum Gasteiger partial charge on any atom is 1.00 e. The van der Waals surface area contributed by atoms with Crippen molar-refractivity contribution in [2.24, 2.45) is 0 Å². The molecule has 0 amide bonds. The molecule has 3 heterocycles. The van der Waals surface area contributed by atoms with Crippen molar-refractivity contribution in [1.29, 1.82) is 0 Å². The number of pyridine rings is 1. The van der Waals surface area contributed by atoms with Gasteiger partial charge in [0.25, 0.3) is 0 Å². The van der Waals surface area contributed by atoms with Crippen LogP contribution in [-0.2, 0) is 6.54 Å². The molecule has 4 rings (SSSR count). The summed E-state index contributed by atoms with van der Waals surface area (Å²) in [5.74, 6) is -1.39. The van der Waals surface area contributed by atoms with Crippen molar-refractivity contribution in [2.45, 2.75) is 6.54 Å². The third kappa shape index (κ3) is 2.82. The fourth-order valence-electron chi connectivity index (χ4n) is 2.79. The fraction of sp³-hybridized carbons (Fsp3) is 0.118. The van der Waals surface area contributed by atoms with E-state index in [1.54, 1.807) is 6.26 Å². The van der Waals surface area contributed by atoms with Gasteiger partial charge in [-0.1, -0.05) is 18.2 Å². The van der Waals surface area contributed by atoms with Crippen molar-refractivity contribution in [3.63, 3.8) is 0 Å². The van der Waals surface area contributed by atoms with Crippen LogP contribution in [0.25, 0.3) is 33.1 Å². The molecule has 0 aliphatic heterocycles. The van der Waals surface area contributed by atoms with Gasteiger partial charge in [0.05, 0.1) is 23.7 Å². The molecule has 0 atom stereocenters. The Morgan fingerprint density at radius 3 is 2.84 bits per heavy atom. The van der Waals surface area contributed by atoms with Gasteiger partial charge in [-0.25, -0.2) is 4.39 Å². The first-order valence-corrected chi connectivity index (χ1v) is 7.29. The van der Waals surface area contributed by atoms with E-state index in [0.717, 1.165) is 10.9 Å². The molecule has 6 nitrogen and oxygen atoms in total. The maximum absolute atomic E-state index is 12.8. The Kier molecular flexibility index (Phi) is 4.62. The molecule has 8 heteroatoms. The SMILES string of the molecule is O=C([O-])c1cc2c(cn1)c(-c1coc3ccccc13)nn2CCF.[Li+]. The van der Waals surface area contributed by atoms with Gasteiger partial charge in [-0.3, -0.25) is 9.67 Å². The first-order valence-electron chi connectivity index (χ1n) is 7.29. The number of nitrogens with zero attached hydrogens (tertiary/aromatic N) is 3. The van der Waals surface area contributed by atoms with E-state index in [1.807, 2.05) is 24.3 Å². The van der Waals surface area contributed by atoms with Crippen molar-refractivity contribution in [3.8, 4) is 11.3 Å². The Morgan fingerprint density at radius 1 is 1.28 bits per heavy atom. The second kappa shape index (κ2) is 6.71. The van der Waals surface area contributed by atoms with Crippen LogP contribution in [0.4, 0.5) is 4.39 Å². The predicted molar refractivity (Wildman–Crippen MR) is 83.0 cm³/mol. The molecule has 3 aromatic heterocycles. The van der Waals surface area contributed by atoms with Crippen LogP contribution in [0.15, 0.2) is 47.2 Å². The van der Waals surface area contributed by atoms with Gasteiger partial charge in [0.1, 0.15) is 24.2 Å². The van der Waals surface area contributed by atoms with Gasteiger partial charge in [-0.05, 0) is 12.1 Å². The topological polar surface area (TPSA) is 84.0 Å². The summed E-state index contributed by atoms with van der Waals surface area (Å²) in [6.07, 6.45) is 3.00. The third-order valence-electron chi connectivity index (χ3n) is 3.88. The molecule has 0 fully saturated rings. The molecule has 0 aliphatic carbocycles. The van der Waals surface area contributed by atoms with Gasteiger partial charge in [0, 0.05) is 22.5 Å². The number of para-hydroxylation sites is 1. The maximum atomic E-state index is 12.8. The predicted octanol–water partition coefficient (Wildman–Crippen LogP) is -0.818. The number of fused-ring (bicyclic) bond motifs is 2. The number of aryl methyl sites for hydroxylation is 1. The average molecular weight is 331 g/mol. The standard InChI is InChI=1S/C17H12FN3O3.Li/c18-5-6-21-14-7-13(17(22)23)19-8-11(14)16(20-21)12-9-24-15-4-2-1-3-10(12)15;/h1-4,7-9H,5-6H2,(H,22,23);/q;+1/p-1. The van der Waals surface area contributed by atoms with Crippen LogP contribution in [0.1, 0.15) is 10.5 Å². The van der Waals surface area contributed by atoms with E-state index >= 15 is 0 Å². The monoisotopic (exact) mass is 331 g/mol. The van der Waals surface area contributed by atoms with Crippen molar-refractivity contribution < 1.29 is 37.6 Å². The van der Waals surface area contributed by atoms with Crippen molar-refractivity contribution in [3.05, 3.63) is 48.5 Å². The summed E-state index contributed by atoms with van der Waals surface area (Å²) in [6.45, 7) is -0.603. The van der Waals surface area contributed by atoms with Crippen LogP contribution in [0, 0.1) is 0 Å². The second-order valence-electron chi connectivity index (χ2n) is 5.28. The third-order valence-corrected chi connectivity index (χ3v) is 3.88. The van der Waals surface area contributed by atoms with E-state index < -0.39 is 12.6 Å². The normalized spacial score (nSPS) is 10.9. The Bertz CT molecular complexity index is 1070. The molecule has 0 spiro atoms. The summed E-state index contributed by atoms with van der Waals surface area (Å²) in [5.41, 5.74) is 2.30. The molecule has 0 saturated heterocycles. The average Bonchev–Trinajstić information content (AvgIpc) is 3.16. The van der Waals surface area contributed by atoms with E-state index in [1.165, 1.54) is 16.9 Å². The summed E-state index contributed by atoms with van der Waals surface area (Å²) in [5, 5.41) is 17.0. The summed E-state index contributed by atoms with van der Waals surface area (Å²) < 4.78 is 19.8. The Balaban J connectivity index is 0.00000182. The first kappa shape index (κ1) is 17.2. The summed E-state index contributed by atoms with van der Waals surface area (Å²) in [6, 6.07) is 8.83. The van der Waals surface area contributed by atoms with E-state index in [0.29, 0.717) is 22.2 Å². The van der Waals surface area contributed by atoms with Crippen LogP contribution in [0.5, 0.6) is 0 Å². The number of rotatable bonds is 4. The number of carboxylic acid groups (broad SMARTS) is 1. The molecular formula is C17H11FLiN3O3. The molecular weight excluding hydrogens is 320 g/mol. The molecule has 0 saturated carbocycles. The quantitative estimate of drug-likeness (QED) is 0.456. The van der Waals surface area contributed by atoms with Crippen LogP contribution in [-0.4, -0.2) is 27.4 Å². The Morgan fingerprint density at radius 2 is 2.08 bits per heavy atom. The summed E-state index contributed by atoms with van der Waals surface area (Å²) >= 11 is 0. The number of carbonyl (C=O) groups excluding carboxylic acids is 1. The van der Waals surface area contributed by atoms with Gasteiger partial charge < -0.3 is 14.3 Å². The second-order valence-corrected chi connectivity index (χ2v) is 5.28. The van der Waals surface area contributed by atoms with E-state index in [4.69, 9.17) is 4.42 Å². The van der Waals surface area contributed by atoms with Gasteiger partial charge >= 0.3 is 18.9 Å². The number of aromatic nitrogens is 3. The summed E-state index contributed by atoms with van der Waals surface area (Å²) in [7, 11) is 0. The smallest absolute Gasteiger partial charge is 0.543 e. The molecule has 25 heavy (non-hydrogen) atoms. The van der Waals surface area contributed by atoms with Gasteiger partial charge in [-0.2, -0.15) is 5.10 Å². The zero-order valence-corrected chi connectivity index (χ0v) is 13.4. The first-order chi connectivity index (χ1) is 11.7. The van der Waals surface area contributed by atoms with Crippen molar-refractivity contribution >= 4 is 27.8 Å². The molecule has 4 aromatic rings. The zero-order chi connectivity index (χ0) is 16.7. The molecule has 0 unspecified atom stereocenters. The van der Waals surface area contributed by atoms with Gasteiger partial charge in [0.2, 0.25) is 0 Å². The van der Waals surface area contributed by atoms with Crippen LogP contribution in [0.3, 0.4) is 0 Å². The number of carbonyl (C=O) groups is 1. The number of benzene rings is 1. The van der Waals surface area contributed by atoms with Crippen molar-refractivity contribution in [2.75, 3.05) is 6.67 Å². The van der Waals surface area contributed by atoms with Crippen LogP contribution >= 0.6 is 0 Å². The summed E-state index contributed by atoms with van der Waals surface area (Å²) in [4.78, 5) is 14.9. The molecule has 0 aliphatic rings. The van der Waals surface area contributed by atoms with E-state index in [-0.39, 0.29) is 31.1 Å². The number of hydrogen-bond donors (Lipinski definition) is 0.